The molecule has 0 radical (unpaired) electrons. The van der Waals surface area contributed by atoms with Crippen LogP contribution in [0.3, 0.4) is 0 Å². The molecule has 2 aliphatic heterocycles. The van der Waals surface area contributed by atoms with Crippen molar-refractivity contribution in [2.24, 2.45) is 17.3 Å². The van der Waals surface area contributed by atoms with E-state index in [1.165, 1.54) is 5.56 Å². The SMILES string of the molecule is C[C@@H]1CN(C(=O)[C@H]2NCC3(CC3)C[C@@H]2C(=O)NO)C[C@H]1c1ccccc1. The molecule has 1 saturated carbocycles. The smallest absolute Gasteiger partial charge is 0.248 e. The predicted octanol–water partition coefficient (Wildman–Crippen LogP) is 1.51. The van der Waals surface area contributed by atoms with Crippen LogP contribution in [0.4, 0.5) is 0 Å². The predicted molar refractivity (Wildman–Crippen MR) is 96.4 cm³/mol. The first-order valence-corrected chi connectivity index (χ1v) is 9.54. The van der Waals surface area contributed by atoms with Gasteiger partial charge in [0.1, 0.15) is 0 Å². The Morgan fingerprint density at radius 1 is 1.23 bits per heavy atom. The van der Waals surface area contributed by atoms with Gasteiger partial charge in [0.25, 0.3) is 0 Å². The molecular formula is C20H27N3O3. The molecule has 26 heavy (non-hydrogen) atoms. The number of amides is 2. The summed E-state index contributed by atoms with van der Waals surface area (Å²) in [5.74, 6) is -0.267. The summed E-state index contributed by atoms with van der Waals surface area (Å²) in [5.41, 5.74) is 3.18. The van der Waals surface area contributed by atoms with Crippen LogP contribution in [0.1, 0.15) is 37.7 Å². The van der Waals surface area contributed by atoms with E-state index in [1.54, 1.807) is 5.48 Å². The molecule has 2 amide bonds. The Morgan fingerprint density at radius 2 is 1.96 bits per heavy atom. The van der Waals surface area contributed by atoms with Crippen LogP contribution in [0.15, 0.2) is 30.3 Å². The molecule has 3 N–H and O–H groups in total. The van der Waals surface area contributed by atoms with E-state index in [9.17, 15) is 9.59 Å². The molecule has 6 nitrogen and oxygen atoms in total. The Morgan fingerprint density at radius 3 is 2.62 bits per heavy atom. The number of carbonyl (C=O) groups excluding carboxylic acids is 2. The molecule has 1 aliphatic carbocycles. The summed E-state index contributed by atoms with van der Waals surface area (Å²) in [7, 11) is 0. The van der Waals surface area contributed by atoms with E-state index in [2.05, 4.69) is 24.4 Å². The second-order valence-electron chi connectivity index (χ2n) is 8.38. The molecule has 1 aromatic carbocycles. The summed E-state index contributed by atoms with van der Waals surface area (Å²) in [4.78, 5) is 27.3. The monoisotopic (exact) mass is 357 g/mol. The summed E-state index contributed by atoms with van der Waals surface area (Å²) < 4.78 is 0. The van der Waals surface area contributed by atoms with Gasteiger partial charge in [-0.1, -0.05) is 37.3 Å². The number of benzene rings is 1. The maximum Gasteiger partial charge on any atom is 0.248 e. The third-order valence-corrected chi connectivity index (χ3v) is 6.57. The van der Waals surface area contributed by atoms with E-state index >= 15 is 0 Å². The third-order valence-electron chi connectivity index (χ3n) is 6.57. The van der Waals surface area contributed by atoms with Crippen LogP contribution in [-0.2, 0) is 9.59 Å². The van der Waals surface area contributed by atoms with Crippen LogP contribution in [-0.4, -0.2) is 47.6 Å². The van der Waals surface area contributed by atoms with E-state index in [-0.39, 0.29) is 11.3 Å². The number of likely N-dealkylation sites (tertiary alicyclic amines) is 1. The Hall–Kier alpha value is -1.92. The van der Waals surface area contributed by atoms with E-state index in [1.807, 2.05) is 23.1 Å². The Labute approximate surface area is 153 Å². The maximum atomic E-state index is 13.2. The van der Waals surface area contributed by atoms with Gasteiger partial charge in [0.05, 0.1) is 12.0 Å². The fourth-order valence-corrected chi connectivity index (χ4v) is 4.75. The molecule has 2 saturated heterocycles. The van der Waals surface area contributed by atoms with Gasteiger partial charge in [-0.3, -0.25) is 14.8 Å². The molecule has 2 heterocycles. The maximum absolute atomic E-state index is 13.2. The number of carbonyl (C=O) groups is 2. The Bertz CT molecular complexity index is 689. The van der Waals surface area contributed by atoms with Crippen molar-refractivity contribution < 1.29 is 14.8 Å². The van der Waals surface area contributed by atoms with E-state index < -0.39 is 17.9 Å². The van der Waals surface area contributed by atoms with E-state index in [0.717, 1.165) is 19.4 Å². The molecular weight excluding hydrogens is 330 g/mol. The van der Waals surface area contributed by atoms with Crippen molar-refractivity contribution in [2.45, 2.75) is 38.1 Å². The first-order valence-electron chi connectivity index (χ1n) is 9.54. The molecule has 0 aromatic heterocycles. The highest BCUT2D eigenvalue weighted by Crippen LogP contribution is 2.52. The lowest BCUT2D eigenvalue weighted by Gasteiger charge is -2.37. The van der Waals surface area contributed by atoms with Gasteiger partial charge in [0, 0.05) is 25.6 Å². The summed E-state index contributed by atoms with van der Waals surface area (Å²) >= 11 is 0. The van der Waals surface area contributed by atoms with Crippen molar-refractivity contribution in [1.29, 1.82) is 0 Å². The summed E-state index contributed by atoms with van der Waals surface area (Å²) in [6.07, 6.45) is 2.86. The molecule has 4 atom stereocenters. The lowest BCUT2D eigenvalue weighted by molar-refractivity contribution is -0.144. The van der Waals surface area contributed by atoms with Crippen LogP contribution < -0.4 is 10.8 Å². The number of hydrogen-bond acceptors (Lipinski definition) is 4. The third kappa shape index (κ3) is 3.12. The number of hydrogen-bond donors (Lipinski definition) is 3. The quantitative estimate of drug-likeness (QED) is 0.566. The van der Waals surface area contributed by atoms with Gasteiger partial charge in [0.15, 0.2) is 0 Å². The molecule has 4 rings (SSSR count). The molecule has 0 unspecified atom stereocenters. The zero-order chi connectivity index (χ0) is 18.3. The Kier molecular flexibility index (Phi) is 4.49. The van der Waals surface area contributed by atoms with Crippen molar-refractivity contribution in [3.8, 4) is 0 Å². The van der Waals surface area contributed by atoms with E-state index in [4.69, 9.17) is 5.21 Å². The lowest BCUT2D eigenvalue weighted by atomic mass is 9.81. The number of nitrogens with zero attached hydrogens (tertiary/aromatic N) is 1. The van der Waals surface area contributed by atoms with Crippen LogP contribution >= 0.6 is 0 Å². The topological polar surface area (TPSA) is 81.7 Å². The molecule has 0 bridgehead atoms. The minimum absolute atomic E-state index is 0.0145. The summed E-state index contributed by atoms with van der Waals surface area (Å²) in [5, 5.41) is 12.4. The van der Waals surface area contributed by atoms with Crippen molar-refractivity contribution in [3.63, 3.8) is 0 Å². The summed E-state index contributed by atoms with van der Waals surface area (Å²) in [6, 6.07) is 9.76. The highest BCUT2D eigenvalue weighted by Gasteiger charge is 2.53. The number of rotatable bonds is 3. The molecule has 1 spiro atoms. The zero-order valence-corrected chi connectivity index (χ0v) is 15.1. The standard InChI is InChI=1S/C20H27N3O3/c1-13-10-23(11-16(13)14-5-3-2-4-6-14)19(25)17-15(18(24)22-26)9-20(7-8-20)12-21-17/h2-6,13,15-17,21,26H,7-12H2,1H3,(H,22,24)/t13-,15+,16-,17+/m1/s1. The van der Waals surface area contributed by atoms with Crippen LogP contribution in [0.25, 0.3) is 0 Å². The normalized spacial score (nSPS) is 32.5. The second-order valence-corrected chi connectivity index (χ2v) is 8.38. The largest absolute Gasteiger partial charge is 0.340 e. The average Bonchev–Trinajstić information content (AvgIpc) is 3.30. The first-order chi connectivity index (χ1) is 12.5. The van der Waals surface area contributed by atoms with Crippen molar-refractivity contribution in [2.75, 3.05) is 19.6 Å². The van der Waals surface area contributed by atoms with Crippen molar-refractivity contribution in [1.82, 2.24) is 15.7 Å². The number of piperidine rings is 1. The fourth-order valence-electron chi connectivity index (χ4n) is 4.75. The molecule has 3 aliphatic rings. The van der Waals surface area contributed by atoms with Gasteiger partial charge in [0.2, 0.25) is 11.8 Å². The molecule has 1 aromatic rings. The first kappa shape index (κ1) is 17.5. The molecule has 140 valence electrons. The van der Waals surface area contributed by atoms with Crippen LogP contribution in [0.2, 0.25) is 0 Å². The van der Waals surface area contributed by atoms with Crippen LogP contribution in [0.5, 0.6) is 0 Å². The Balaban J connectivity index is 1.49. The van der Waals surface area contributed by atoms with Gasteiger partial charge < -0.3 is 10.2 Å². The van der Waals surface area contributed by atoms with Crippen molar-refractivity contribution in [3.05, 3.63) is 35.9 Å². The number of hydroxylamine groups is 1. The minimum Gasteiger partial charge on any atom is -0.340 e. The van der Waals surface area contributed by atoms with Gasteiger partial charge in [-0.2, -0.15) is 0 Å². The molecule has 6 heteroatoms. The van der Waals surface area contributed by atoms with Gasteiger partial charge in [-0.05, 0) is 36.2 Å². The second kappa shape index (κ2) is 6.67. The zero-order valence-electron chi connectivity index (χ0n) is 15.1. The van der Waals surface area contributed by atoms with Gasteiger partial charge in [-0.15, -0.1) is 0 Å². The highest BCUT2D eigenvalue weighted by atomic mass is 16.5. The highest BCUT2D eigenvalue weighted by molar-refractivity contribution is 5.90. The average molecular weight is 357 g/mol. The van der Waals surface area contributed by atoms with Gasteiger partial charge >= 0.3 is 0 Å². The van der Waals surface area contributed by atoms with Gasteiger partial charge in [-0.25, -0.2) is 5.48 Å². The van der Waals surface area contributed by atoms with Crippen molar-refractivity contribution >= 4 is 11.8 Å². The summed E-state index contributed by atoms with van der Waals surface area (Å²) in [6.45, 7) is 4.34. The number of nitrogens with one attached hydrogen (secondary N) is 2. The fraction of sp³-hybridized carbons (Fsp3) is 0.600. The molecule has 3 fully saturated rings. The lowest BCUT2D eigenvalue weighted by Crippen LogP contribution is -2.58. The minimum atomic E-state index is -0.546. The van der Waals surface area contributed by atoms with Crippen LogP contribution in [0, 0.1) is 17.3 Å². The van der Waals surface area contributed by atoms with E-state index in [0.29, 0.717) is 31.3 Å².